The lowest BCUT2D eigenvalue weighted by molar-refractivity contribution is 0.660. The molecule has 13 rings (SSSR count). The van der Waals surface area contributed by atoms with E-state index in [0.717, 1.165) is 39.0 Å². The highest BCUT2D eigenvalue weighted by atomic mass is 16.3. The first-order chi connectivity index (χ1) is 31.5. The molecule has 0 unspecified atom stereocenters. The van der Waals surface area contributed by atoms with Crippen LogP contribution in [0.3, 0.4) is 0 Å². The second-order valence-corrected chi connectivity index (χ2v) is 20.0. The van der Waals surface area contributed by atoms with Crippen LogP contribution in [0.2, 0.25) is 0 Å². The van der Waals surface area contributed by atoms with E-state index < -0.39 is 0 Å². The number of nitrogens with zero attached hydrogens (tertiary/aromatic N) is 1. The number of fused-ring (bicyclic) bond motifs is 12. The van der Waals surface area contributed by atoms with Gasteiger partial charge >= 0.3 is 0 Å². The number of benzene rings is 9. The fourth-order valence-electron chi connectivity index (χ4n) is 12.3. The van der Waals surface area contributed by atoms with Crippen LogP contribution in [0.1, 0.15) is 74.9 Å². The Morgan fingerprint density at radius 1 is 0.323 bits per heavy atom. The number of anilines is 3. The predicted octanol–water partition coefficient (Wildman–Crippen LogP) is 17.3. The van der Waals surface area contributed by atoms with Gasteiger partial charge in [0.25, 0.3) is 0 Å². The summed E-state index contributed by atoms with van der Waals surface area (Å²) in [5, 5.41) is 2.22. The molecule has 1 heterocycles. The lowest BCUT2D eigenvalue weighted by atomic mass is 9.80. The fourth-order valence-corrected chi connectivity index (χ4v) is 12.3. The maximum Gasteiger partial charge on any atom is 0.159 e. The molecule has 10 aromatic rings. The molecule has 0 fully saturated rings. The van der Waals surface area contributed by atoms with Crippen LogP contribution < -0.4 is 4.90 Å². The minimum absolute atomic E-state index is 0.148. The first-order valence-corrected chi connectivity index (χ1v) is 23.1. The van der Waals surface area contributed by atoms with Crippen molar-refractivity contribution in [1.29, 1.82) is 0 Å². The van der Waals surface area contributed by atoms with Crippen molar-refractivity contribution < 1.29 is 4.42 Å². The minimum atomic E-state index is -0.187. The monoisotopic (exact) mass is 835 g/mol. The molecular formula is C63H49NO. The molecule has 1 aromatic heterocycles. The number of hydrogen-bond donors (Lipinski definition) is 0. The Balaban J connectivity index is 1.17. The van der Waals surface area contributed by atoms with Crippen LogP contribution in [0.25, 0.3) is 77.6 Å². The van der Waals surface area contributed by atoms with Crippen molar-refractivity contribution in [1.82, 2.24) is 0 Å². The molecule has 0 aliphatic heterocycles. The second kappa shape index (κ2) is 13.3. The predicted molar refractivity (Wildman–Crippen MR) is 272 cm³/mol. The van der Waals surface area contributed by atoms with Gasteiger partial charge in [-0.15, -0.1) is 0 Å². The molecule has 0 N–H and O–H groups in total. The summed E-state index contributed by atoms with van der Waals surface area (Å²) in [6.45, 7) is 14.3. The standard InChI is InChI=1S/C63H49NO/c1-61(2)48-27-12-8-21-44(48)57-46(25-15-29-50(57)61)58-39(38-35-36-41-40-19-7-11-26-47(40)63(5,6)52(41)37-38)23-16-31-53(58)64(55-33-17-24-43-42-20-10-14-34-56(42)65-60(43)55)54-32-18-30-51-59(54)45-22-9-13-28-49(45)62(51,3)4/h7-37H,1-6H3. The van der Waals surface area contributed by atoms with Gasteiger partial charge in [0, 0.05) is 38.1 Å². The maximum atomic E-state index is 7.01. The van der Waals surface area contributed by atoms with Crippen molar-refractivity contribution in [2.75, 3.05) is 4.90 Å². The van der Waals surface area contributed by atoms with Crippen LogP contribution in [0.5, 0.6) is 0 Å². The average Bonchev–Trinajstić information content (AvgIpc) is 3.98. The van der Waals surface area contributed by atoms with Crippen LogP contribution in [0.4, 0.5) is 17.1 Å². The van der Waals surface area contributed by atoms with Crippen LogP contribution >= 0.6 is 0 Å². The van der Waals surface area contributed by atoms with Crippen molar-refractivity contribution in [2.24, 2.45) is 0 Å². The van der Waals surface area contributed by atoms with E-state index in [4.69, 9.17) is 4.42 Å². The van der Waals surface area contributed by atoms with Gasteiger partial charge in [0.2, 0.25) is 0 Å². The Morgan fingerprint density at radius 2 is 0.785 bits per heavy atom. The highest BCUT2D eigenvalue weighted by molar-refractivity contribution is 6.13. The molecule has 0 atom stereocenters. The SMILES string of the molecule is CC1(C)c2ccccc2-c2ccc(-c3cccc(N(c4cccc5c4-c4ccccc4C5(C)C)c4cccc5c4oc4ccccc45)c3-c3cccc4c3-c3ccccc3C4(C)C)cc21. The first kappa shape index (κ1) is 38.1. The summed E-state index contributed by atoms with van der Waals surface area (Å²) in [5.41, 5.74) is 25.2. The number of para-hydroxylation sites is 2. The van der Waals surface area contributed by atoms with Gasteiger partial charge in [0.15, 0.2) is 5.58 Å². The van der Waals surface area contributed by atoms with E-state index in [-0.39, 0.29) is 16.2 Å². The summed E-state index contributed by atoms with van der Waals surface area (Å²) in [7, 11) is 0. The van der Waals surface area contributed by atoms with E-state index in [2.05, 4.69) is 234 Å². The van der Waals surface area contributed by atoms with Crippen molar-refractivity contribution in [3.8, 4) is 55.6 Å². The highest BCUT2D eigenvalue weighted by Gasteiger charge is 2.41. The third kappa shape index (κ3) is 5.11. The topological polar surface area (TPSA) is 16.4 Å². The second-order valence-electron chi connectivity index (χ2n) is 20.0. The highest BCUT2D eigenvalue weighted by Crippen LogP contribution is 2.59. The lowest BCUT2D eigenvalue weighted by Crippen LogP contribution is -2.17. The molecule has 0 saturated heterocycles. The van der Waals surface area contributed by atoms with E-state index in [9.17, 15) is 0 Å². The summed E-state index contributed by atoms with van der Waals surface area (Å²) in [6, 6.07) is 70.3. The maximum absolute atomic E-state index is 7.01. The molecule has 0 bridgehead atoms. The van der Waals surface area contributed by atoms with E-state index in [1.807, 2.05) is 0 Å². The van der Waals surface area contributed by atoms with Gasteiger partial charge in [-0.25, -0.2) is 0 Å². The molecule has 312 valence electrons. The molecule has 65 heavy (non-hydrogen) atoms. The van der Waals surface area contributed by atoms with Crippen LogP contribution in [-0.4, -0.2) is 0 Å². The summed E-state index contributed by atoms with van der Waals surface area (Å²) >= 11 is 0. The molecule has 3 aliphatic carbocycles. The molecule has 0 radical (unpaired) electrons. The summed E-state index contributed by atoms with van der Waals surface area (Å²) in [5.74, 6) is 0. The Kier molecular flexibility index (Phi) is 7.80. The average molecular weight is 836 g/mol. The van der Waals surface area contributed by atoms with Gasteiger partial charge in [-0.1, -0.05) is 199 Å². The molecule has 3 aliphatic rings. The third-order valence-electron chi connectivity index (χ3n) is 15.5. The van der Waals surface area contributed by atoms with E-state index in [0.29, 0.717) is 0 Å². The van der Waals surface area contributed by atoms with E-state index >= 15 is 0 Å². The van der Waals surface area contributed by atoms with Gasteiger partial charge in [-0.05, 0) is 108 Å². The molecule has 9 aromatic carbocycles. The van der Waals surface area contributed by atoms with Gasteiger partial charge in [-0.3, -0.25) is 0 Å². The zero-order valence-electron chi connectivity index (χ0n) is 37.8. The summed E-state index contributed by atoms with van der Waals surface area (Å²) in [6.07, 6.45) is 0. The van der Waals surface area contributed by atoms with Gasteiger partial charge < -0.3 is 9.32 Å². The molecule has 2 heteroatoms. The quantitative estimate of drug-likeness (QED) is 0.172. The van der Waals surface area contributed by atoms with E-state index in [1.54, 1.807) is 0 Å². The van der Waals surface area contributed by atoms with Crippen LogP contribution in [0.15, 0.2) is 192 Å². The fraction of sp³-hybridized carbons (Fsp3) is 0.143. The van der Waals surface area contributed by atoms with Gasteiger partial charge in [-0.2, -0.15) is 0 Å². The Hall–Kier alpha value is -7.42. The van der Waals surface area contributed by atoms with Crippen LogP contribution in [0, 0.1) is 0 Å². The Bertz CT molecular complexity index is 3650. The smallest absolute Gasteiger partial charge is 0.159 e. The molecule has 0 spiro atoms. The number of furan rings is 1. The number of hydrogen-bond acceptors (Lipinski definition) is 2. The molecular weight excluding hydrogens is 787 g/mol. The number of rotatable bonds is 5. The van der Waals surface area contributed by atoms with Gasteiger partial charge in [0.05, 0.1) is 17.1 Å². The van der Waals surface area contributed by atoms with Crippen LogP contribution in [-0.2, 0) is 16.2 Å². The molecule has 0 saturated carbocycles. The lowest BCUT2D eigenvalue weighted by Gasteiger charge is -2.32. The largest absolute Gasteiger partial charge is 0.454 e. The first-order valence-electron chi connectivity index (χ1n) is 23.1. The molecule has 0 amide bonds. The summed E-state index contributed by atoms with van der Waals surface area (Å²) in [4.78, 5) is 2.54. The van der Waals surface area contributed by atoms with Crippen molar-refractivity contribution >= 4 is 39.0 Å². The molecule has 2 nitrogen and oxygen atoms in total. The minimum Gasteiger partial charge on any atom is -0.454 e. The Labute approximate surface area is 381 Å². The normalized spacial score (nSPS) is 15.3. The third-order valence-corrected chi connectivity index (χ3v) is 15.5. The Morgan fingerprint density at radius 3 is 1.52 bits per heavy atom. The van der Waals surface area contributed by atoms with Crippen molar-refractivity contribution in [2.45, 2.75) is 57.8 Å². The summed E-state index contributed by atoms with van der Waals surface area (Å²) < 4.78 is 7.01. The zero-order chi connectivity index (χ0) is 44.0. The van der Waals surface area contributed by atoms with Crippen molar-refractivity contribution in [3.05, 3.63) is 221 Å². The van der Waals surface area contributed by atoms with Gasteiger partial charge in [0.1, 0.15) is 5.58 Å². The van der Waals surface area contributed by atoms with Crippen molar-refractivity contribution in [3.63, 3.8) is 0 Å². The zero-order valence-corrected chi connectivity index (χ0v) is 37.8. The van der Waals surface area contributed by atoms with E-state index in [1.165, 1.54) is 89.0 Å².